The van der Waals surface area contributed by atoms with Crippen LogP contribution in [-0.2, 0) is 6.42 Å². The SMILES string of the molecule is Cc1cccc(C)c1-n1c(C)cs/c1=N\C(O)NCC(C)(C)Cc1ccc(-c2ncn(-c3ccc(OC(F)(F)F)cc3)n2)cc1. The lowest BCUT2D eigenvalue weighted by molar-refractivity contribution is -0.274. The van der Waals surface area contributed by atoms with Gasteiger partial charge in [0.05, 0.1) is 11.4 Å². The predicted molar refractivity (Wildman–Crippen MR) is 168 cm³/mol. The standard InChI is InChI=1S/C33H35F3N6O2S/c1-21-7-6-8-22(2)28(21)42-23(3)18-45-31(42)39-30(43)37-19-32(4,5)17-24-9-11-25(12-10-24)29-38-20-41(40-29)26-13-15-27(16-14-26)44-33(34,35)36/h6-16,18,20,30,37,43H,17,19H2,1-5H3/b39-31-. The maximum atomic E-state index is 12.4. The van der Waals surface area contributed by atoms with Crippen molar-refractivity contribution in [1.82, 2.24) is 24.6 Å². The van der Waals surface area contributed by atoms with E-state index in [9.17, 15) is 18.3 Å². The van der Waals surface area contributed by atoms with Crippen LogP contribution in [0.3, 0.4) is 0 Å². The van der Waals surface area contributed by atoms with E-state index >= 15 is 0 Å². The number of benzene rings is 3. The lowest BCUT2D eigenvalue weighted by Crippen LogP contribution is -2.38. The number of hydrogen-bond acceptors (Lipinski definition) is 7. The third kappa shape index (κ3) is 8.07. The van der Waals surface area contributed by atoms with Gasteiger partial charge in [0.2, 0.25) is 6.35 Å². The van der Waals surface area contributed by atoms with Crippen LogP contribution < -0.4 is 14.9 Å². The second kappa shape index (κ2) is 13.0. The monoisotopic (exact) mass is 636 g/mol. The Bertz CT molecular complexity index is 1800. The van der Waals surface area contributed by atoms with Crippen molar-refractivity contribution in [3.05, 3.63) is 106 Å². The first kappa shape index (κ1) is 32.1. The van der Waals surface area contributed by atoms with Gasteiger partial charge in [0.25, 0.3) is 0 Å². The molecule has 2 aromatic heterocycles. The molecule has 0 aliphatic rings. The molecule has 0 bridgehead atoms. The van der Waals surface area contributed by atoms with E-state index in [-0.39, 0.29) is 11.2 Å². The number of ether oxygens (including phenoxy) is 1. The van der Waals surface area contributed by atoms with Crippen molar-refractivity contribution in [3.63, 3.8) is 0 Å². The second-order valence-electron chi connectivity index (χ2n) is 11.7. The summed E-state index contributed by atoms with van der Waals surface area (Å²) in [6, 6.07) is 19.5. The Morgan fingerprint density at radius 1 is 0.978 bits per heavy atom. The van der Waals surface area contributed by atoms with Crippen LogP contribution in [0.15, 0.2) is 83.4 Å². The lowest BCUT2D eigenvalue weighted by Gasteiger charge is -2.26. The minimum atomic E-state index is -4.74. The van der Waals surface area contributed by atoms with Gasteiger partial charge in [0.1, 0.15) is 12.1 Å². The van der Waals surface area contributed by atoms with Gasteiger partial charge in [-0.1, -0.05) is 56.3 Å². The Balaban J connectivity index is 1.21. The smallest absolute Gasteiger partial charge is 0.406 e. The summed E-state index contributed by atoms with van der Waals surface area (Å²) in [4.78, 5) is 9.68. The van der Waals surface area contributed by atoms with E-state index < -0.39 is 12.7 Å². The first-order valence-electron chi connectivity index (χ1n) is 14.3. The van der Waals surface area contributed by atoms with Crippen molar-refractivity contribution >= 4 is 11.3 Å². The van der Waals surface area contributed by atoms with E-state index in [4.69, 9.17) is 0 Å². The fraction of sp³-hybridized carbons (Fsp3) is 0.303. The van der Waals surface area contributed by atoms with Crippen LogP contribution in [0, 0.1) is 26.2 Å². The highest BCUT2D eigenvalue weighted by Gasteiger charge is 2.31. The molecule has 0 aliphatic heterocycles. The van der Waals surface area contributed by atoms with Crippen LogP contribution in [-0.4, -0.2) is 43.7 Å². The number of aliphatic hydroxyl groups excluding tert-OH is 1. The zero-order valence-electron chi connectivity index (χ0n) is 25.6. The molecule has 1 atom stereocenters. The Labute approximate surface area is 263 Å². The Hall–Kier alpha value is -4.26. The van der Waals surface area contributed by atoms with Gasteiger partial charge in [-0.05, 0) is 73.6 Å². The highest BCUT2D eigenvalue weighted by Crippen LogP contribution is 2.26. The third-order valence-electron chi connectivity index (χ3n) is 7.26. The number of rotatable bonds is 10. The molecule has 5 rings (SSSR count). The fourth-order valence-electron chi connectivity index (χ4n) is 5.14. The zero-order valence-corrected chi connectivity index (χ0v) is 26.4. The Morgan fingerprint density at radius 3 is 2.29 bits per heavy atom. The number of halogens is 3. The molecular weight excluding hydrogens is 601 g/mol. The summed E-state index contributed by atoms with van der Waals surface area (Å²) in [7, 11) is 0. The molecule has 2 heterocycles. The van der Waals surface area contributed by atoms with Crippen molar-refractivity contribution < 1.29 is 23.0 Å². The average molecular weight is 637 g/mol. The summed E-state index contributed by atoms with van der Waals surface area (Å²) in [5.41, 5.74) is 6.71. The molecule has 236 valence electrons. The number of para-hydroxylation sites is 1. The number of thiazole rings is 1. The highest BCUT2D eigenvalue weighted by molar-refractivity contribution is 7.07. The van der Waals surface area contributed by atoms with Gasteiger partial charge in [-0.25, -0.2) is 14.7 Å². The molecular formula is C33H35F3N6O2S. The van der Waals surface area contributed by atoms with Gasteiger partial charge in [-0.3, -0.25) is 9.88 Å². The van der Waals surface area contributed by atoms with Crippen molar-refractivity contribution in [1.29, 1.82) is 0 Å². The van der Waals surface area contributed by atoms with Crippen molar-refractivity contribution in [2.24, 2.45) is 10.4 Å². The molecule has 0 spiro atoms. The summed E-state index contributed by atoms with van der Waals surface area (Å²) in [5.74, 6) is 0.188. The van der Waals surface area contributed by atoms with Crippen molar-refractivity contribution in [3.8, 4) is 28.5 Å². The van der Waals surface area contributed by atoms with Crippen molar-refractivity contribution in [2.75, 3.05) is 6.54 Å². The van der Waals surface area contributed by atoms with Gasteiger partial charge in [-0.2, -0.15) is 0 Å². The summed E-state index contributed by atoms with van der Waals surface area (Å²) < 4.78 is 44.8. The lowest BCUT2D eigenvalue weighted by atomic mass is 9.85. The number of alkyl halides is 3. The number of hydrogen-bond donors (Lipinski definition) is 2. The summed E-state index contributed by atoms with van der Waals surface area (Å²) >= 11 is 1.50. The number of nitrogens with zero attached hydrogens (tertiary/aromatic N) is 5. The summed E-state index contributed by atoms with van der Waals surface area (Å²) in [5, 5.41) is 20.5. The Morgan fingerprint density at radius 2 is 1.64 bits per heavy atom. The minimum Gasteiger partial charge on any atom is -0.406 e. The summed E-state index contributed by atoms with van der Waals surface area (Å²) in [6.45, 7) is 11.0. The molecule has 45 heavy (non-hydrogen) atoms. The third-order valence-corrected chi connectivity index (χ3v) is 8.22. The minimum absolute atomic E-state index is 0.187. The largest absolute Gasteiger partial charge is 0.573 e. The molecule has 0 aliphatic carbocycles. The van der Waals surface area contributed by atoms with Gasteiger partial charge < -0.3 is 9.84 Å². The van der Waals surface area contributed by atoms with Crippen LogP contribution >= 0.6 is 11.3 Å². The van der Waals surface area contributed by atoms with Crippen LogP contribution in [0.25, 0.3) is 22.8 Å². The van der Waals surface area contributed by atoms with E-state index in [1.807, 2.05) is 42.6 Å². The number of nitrogens with one attached hydrogen (secondary N) is 1. The number of aryl methyl sites for hydroxylation is 3. The predicted octanol–water partition coefficient (Wildman–Crippen LogP) is 6.65. The molecule has 3 aromatic carbocycles. The zero-order chi connectivity index (χ0) is 32.4. The molecule has 0 saturated carbocycles. The first-order valence-corrected chi connectivity index (χ1v) is 15.2. The van der Waals surface area contributed by atoms with Gasteiger partial charge in [0.15, 0.2) is 10.6 Å². The molecule has 8 nitrogen and oxygen atoms in total. The molecule has 0 amide bonds. The van der Waals surface area contributed by atoms with E-state index in [0.717, 1.165) is 44.9 Å². The highest BCUT2D eigenvalue weighted by atomic mass is 32.1. The maximum absolute atomic E-state index is 12.4. The molecule has 0 radical (unpaired) electrons. The molecule has 12 heteroatoms. The molecule has 2 N–H and O–H groups in total. The number of aliphatic hydroxyl groups is 1. The van der Waals surface area contributed by atoms with Gasteiger partial charge in [-0.15, -0.1) is 29.6 Å². The van der Waals surface area contributed by atoms with Crippen LogP contribution in [0.5, 0.6) is 5.75 Å². The van der Waals surface area contributed by atoms with Crippen LogP contribution in [0.1, 0.15) is 36.2 Å². The van der Waals surface area contributed by atoms with Crippen LogP contribution in [0.4, 0.5) is 13.2 Å². The normalized spacial score (nSPS) is 13.3. The van der Waals surface area contributed by atoms with E-state index in [1.165, 1.54) is 46.6 Å². The summed E-state index contributed by atoms with van der Waals surface area (Å²) in [6.07, 6.45) is -3.54. The molecule has 0 fully saturated rings. The van der Waals surface area contributed by atoms with Crippen molar-refractivity contribution in [2.45, 2.75) is 53.8 Å². The Kier molecular flexibility index (Phi) is 9.28. The van der Waals surface area contributed by atoms with E-state index in [2.05, 4.69) is 69.5 Å². The topological polar surface area (TPSA) is 89.5 Å². The van der Waals surface area contributed by atoms with E-state index in [0.29, 0.717) is 18.1 Å². The van der Waals surface area contributed by atoms with E-state index in [1.54, 1.807) is 0 Å². The number of aromatic nitrogens is 4. The average Bonchev–Trinajstić information content (AvgIpc) is 3.60. The fourth-order valence-corrected chi connectivity index (χ4v) is 6.02. The second-order valence-corrected chi connectivity index (χ2v) is 12.5. The van der Waals surface area contributed by atoms with Gasteiger partial charge >= 0.3 is 6.36 Å². The first-order chi connectivity index (χ1) is 21.3. The van der Waals surface area contributed by atoms with Gasteiger partial charge in [0, 0.05) is 23.2 Å². The van der Waals surface area contributed by atoms with Crippen LogP contribution in [0.2, 0.25) is 0 Å². The molecule has 5 aromatic rings. The molecule has 1 unspecified atom stereocenters. The quantitative estimate of drug-likeness (QED) is 0.168. The maximum Gasteiger partial charge on any atom is 0.573 e. The molecule has 0 saturated heterocycles.